The average Bonchev–Trinajstić information content (AvgIpc) is 3.38. The van der Waals surface area contributed by atoms with Gasteiger partial charge in [-0.3, -0.25) is 9.69 Å². The molecule has 0 aromatic carbocycles. The Morgan fingerprint density at radius 3 is 2.48 bits per heavy atom. The predicted molar refractivity (Wildman–Crippen MR) is 102 cm³/mol. The van der Waals surface area contributed by atoms with Crippen molar-refractivity contribution >= 4 is 22.4 Å². The molecule has 1 aliphatic carbocycles. The van der Waals surface area contributed by atoms with Gasteiger partial charge in [0.05, 0.1) is 5.69 Å². The van der Waals surface area contributed by atoms with E-state index in [-0.39, 0.29) is 0 Å². The van der Waals surface area contributed by atoms with Gasteiger partial charge in [-0.1, -0.05) is 12.8 Å². The van der Waals surface area contributed by atoms with Gasteiger partial charge in [0.25, 0.3) is 0 Å². The third-order valence-electron chi connectivity index (χ3n) is 5.96. The summed E-state index contributed by atoms with van der Waals surface area (Å²) < 4.78 is 0. The van der Waals surface area contributed by atoms with E-state index in [0.29, 0.717) is 11.8 Å². The van der Waals surface area contributed by atoms with E-state index in [1.54, 1.807) is 11.3 Å². The molecule has 4 rings (SSSR count). The average molecular weight is 363 g/mol. The second kappa shape index (κ2) is 8.04. The van der Waals surface area contributed by atoms with Crippen LogP contribution < -0.4 is 4.90 Å². The molecule has 3 fully saturated rings. The Morgan fingerprint density at radius 1 is 1.04 bits per heavy atom. The van der Waals surface area contributed by atoms with E-state index in [1.165, 1.54) is 57.3 Å². The van der Waals surface area contributed by atoms with Crippen molar-refractivity contribution in [3.05, 3.63) is 11.1 Å². The second-order valence-electron chi connectivity index (χ2n) is 7.83. The van der Waals surface area contributed by atoms with Gasteiger partial charge in [0, 0.05) is 44.5 Å². The number of thiazole rings is 1. The van der Waals surface area contributed by atoms with E-state index in [9.17, 15) is 4.79 Å². The number of aromatic nitrogens is 1. The maximum absolute atomic E-state index is 12.5. The molecular weight excluding hydrogens is 332 g/mol. The Bertz CT molecular complexity index is 570. The Balaban J connectivity index is 1.25. The summed E-state index contributed by atoms with van der Waals surface area (Å²) in [7, 11) is 0. The van der Waals surface area contributed by atoms with Crippen molar-refractivity contribution in [1.82, 2.24) is 14.8 Å². The van der Waals surface area contributed by atoms with E-state index >= 15 is 0 Å². The number of carbonyl (C=O) groups excluding carboxylic acids is 1. The van der Waals surface area contributed by atoms with Crippen molar-refractivity contribution in [1.29, 1.82) is 0 Å². The van der Waals surface area contributed by atoms with Crippen molar-refractivity contribution in [3.63, 3.8) is 0 Å². The largest absolute Gasteiger partial charge is 0.345 e. The molecule has 0 bridgehead atoms. The molecule has 2 saturated heterocycles. The van der Waals surface area contributed by atoms with E-state index in [0.717, 1.165) is 44.3 Å². The van der Waals surface area contributed by atoms with E-state index < -0.39 is 0 Å². The molecule has 3 aliphatic rings. The topological polar surface area (TPSA) is 39.7 Å². The van der Waals surface area contributed by atoms with Gasteiger partial charge in [-0.15, -0.1) is 11.3 Å². The lowest BCUT2D eigenvalue weighted by Gasteiger charge is -2.35. The molecule has 0 radical (unpaired) electrons. The minimum Gasteiger partial charge on any atom is -0.345 e. The highest BCUT2D eigenvalue weighted by atomic mass is 32.1. The van der Waals surface area contributed by atoms with Crippen LogP contribution in [0.4, 0.5) is 5.13 Å². The minimum atomic E-state index is 0.375. The lowest BCUT2D eigenvalue weighted by Crippen LogP contribution is -2.49. The zero-order chi connectivity index (χ0) is 17.1. The normalized spacial score (nSPS) is 22.9. The third kappa shape index (κ3) is 4.34. The summed E-state index contributed by atoms with van der Waals surface area (Å²) in [5, 5.41) is 3.35. The first-order valence-electron chi connectivity index (χ1n) is 9.97. The quantitative estimate of drug-likeness (QED) is 0.807. The maximum atomic E-state index is 12.5. The first-order valence-corrected chi connectivity index (χ1v) is 10.9. The summed E-state index contributed by atoms with van der Waals surface area (Å²) in [4.78, 5) is 24.3. The van der Waals surface area contributed by atoms with Crippen molar-refractivity contribution in [2.45, 2.75) is 51.5 Å². The molecule has 0 N–H and O–H groups in total. The van der Waals surface area contributed by atoms with Gasteiger partial charge in [0.1, 0.15) is 0 Å². The minimum absolute atomic E-state index is 0.375. The summed E-state index contributed by atoms with van der Waals surface area (Å²) in [6, 6.07) is 0. The van der Waals surface area contributed by atoms with Crippen LogP contribution in [-0.2, 0) is 11.3 Å². The number of likely N-dealkylation sites (tertiary alicyclic amines) is 1. The SMILES string of the molecule is O=C(CC1CCCC1)N1CCN(c2nc(CN3CCCC3)cs2)CC1. The molecule has 6 heteroatoms. The van der Waals surface area contributed by atoms with Crippen molar-refractivity contribution < 1.29 is 4.79 Å². The first kappa shape index (κ1) is 17.3. The second-order valence-corrected chi connectivity index (χ2v) is 8.66. The summed E-state index contributed by atoms with van der Waals surface area (Å²) in [6.07, 6.45) is 8.57. The van der Waals surface area contributed by atoms with Gasteiger partial charge >= 0.3 is 0 Å². The molecular formula is C19H30N4OS. The molecule has 0 atom stereocenters. The predicted octanol–water partition coefficient (Wildman–Crippen LogP) is 2.97. The van der Waals surface area contributed by atoms with E-state index in [4.69, 9.17) is 4.98 Å². The highest BCUT2D eigenvalue weighted by Crippen LogP contribution is 2.29. The summed E-state index contributed by atoms with van der Waals surface area (Å²) >= 11 is 1.76. The molecule has 1 saturated carbocycles. The monoisotopic (exact) mass is 362 g/mol. The van der Waals surface area contributed by atoms with Crippen molar-refractivity contribution in [2.24, 2.45) is 5.92 Å². The molecule has 1 aromatic rings. The Morgan fingerprint density at radius 2 is 1.76 bits per heavy atom. The zero-order valence-electron chi connectivity index (χ0n) is 15.2. The van der Waals surface area contributed by atoms with Crippen LogP contribution in [0.25, 0.3) is 0 Å². The van der Waals surface area contributed by atoms with Gasteiger partial charge < -0.3 is 9.80 Å². The van der Waals surface area contributed by atoms with Crippen LogP contribution in [0.3, 0.4) is 0 Å². The smallest absolute Gasteiger partial charge is 0.222 e. The molecule has 0 unspecified atom stereocenters. The summed E-state index contributed by atoms with van der Waals surface area (Å²) in [6.45, 7) is 6.99. The molecule has 138 valence electrons. The van der Waals surface area contributed by atoms with E-state index in [1.807, 2.05) is 0 Å². The highest BCUT2D eigenvalue weighted by molar-refractivity contribution is 7.13. The van der Waals surface area contributed by atoms with Crippen LogP contribution in [0.5, 0.6) is 0 Å². The summed E-state index contributed by atoms with van der Waals surface area (Å²) in [5.74, 6) is 1.03. The Labute approximate surface area is 155 Å². The molecule has 3 heterocycles. The Kier molecular flexibility index (Phi) is 5.56. The number of nitrogens with zero attached hydrogens (tertiary/aromatic N) is 4. The van der Waals surface area contributed by atoms with Crippen molar-refractivity contribution in [2.75, 3.05) is 44.2 Å². The van der Waals surface area contributed by atoms with Gasteiger partial charge in [-0.05, 0) is 44.7 Å². The molecule has 5 nitrogen and oxygen atoms in total. The molecule has 2 aliphatic heterocycles. The molecule has 1 amide bonds. The fourth-order valence-electron chi connectivity index (χ4n) is 4.42. The number of anilines is 1. The zero-order valence-corrected chi connectivity index (χ0v) is 16.0. The first-order chi connectivity index (χ1) is 12.3. The Hall–Kier alpha value is -1.14. The number of hydrogen-bond acceptors (Lipinski definition) is 5. The number of carbonyl (C=O) groups is 1. The van der Waals surface area contributed by atoms with Crippen LogP contribution in [0.2, 0.25) is 0 Å². The van der Waals surface area contributed by atoms with Crippen LogP contribution in [0.1, 0.15) is 50.6 Å². The highest BCUT2D eigenvalue weighted by Gasteiger charge is 2.26. The number of hydrogen-bond donors (Lipinski definition) is 0. The van der Waals surface area contributed by atoms with Gasteiger partial charge in [0.15, 0.2) is 5.13 Å². The molecule has 1 aromatic heterocycles. The van der Waals surface area contributed by atoms with Gasteiger partial charge in [0.2, 0.25) is 5.91 Å². The fourth-order valence-corrected chi connectivity index (χ4v) is 5.29. The maximum Gasteiger partial charge on any atom is 0.222 e. The van der Waals surface area contributed by atoms with Crippen LogP contribution >= 0.6 is 11.3 Å². The molecule has 25 heavy (non-hydrogen) atoms. The van der Waals surface area contributed by atoms with Gasteiger partial charge in [-0.2, -0.15) is 0 Å². The standard InChI is InChI=1S/C19H30N4OS/c24-18(13-16-5-1-2-6-16)22-9-11-23(12-10-22)19-20-17(15-25-19)14-21-7-3-4-8-21/h15-16H,1-14H2. The lowest BCUT2D eigenvalue weighted by molar-refractivity contribution is -0.132. The fraction of sp³-hybridized carbons (Fsp3) is 0.789. The number of rotatable bonds is 5. The van der Waals surface area contributed by atoms with Crippen LogP contribution in [0, 0.1) is 5.92 Å². The van der Waals surface area contributed by atoms with Crippen LogP contribution in [0.15, 0.2) is 5.38 Å². The van der Waals surface area contributed by atoms with Gasteiger partial charge in [-0.25, -0.2) is 4.98 Å². The summed E-state index contributed by atoms with van der Waals surface area (Å²) in [5.41, 5.74) is 1.21. The number of piperazine rings is 1. The van der Waals surface area contributed by atoms with E-state index in [2.05, 4.69) is 20.1 Å². The molecule has 0 spiro atoms. The van der Waals surface area contributed by atoms with Crippen LogP contribution in [-0.4, -0.2) is 60.0 Å². The number of amides is 1. The van der Waals surface area contributed by atoms with Crippen molar-refractivity contribution in [3.8, 4) is 0 Å². The lowest BCUT2D eigenvalue weighted by atomic mass is 10.0. The third-order valence-corrected chi connectivity index (χ3v) is 6.92.